The first-order chi connectivity index (χ1) is 16.0. The molecule has 0 unspecified atom stereocenters. The minimum absolute atomic E-state index is 0.0661. The first-order valence-corrected chi connectivity index (χ1v) is 11.3. The van der Waals surface area contributed by atoms with E-state index in [-0.39, 0.29) is 31.7 Å². The minimum Gasteiger partial charge on any atom is -0.394 e. The zero-order valence-corrected chi connectivity index (χ0v) is 19.1. The largest absolute Gasteiger partial charge is 0.394 e. The number of carbonyl (C=O) groups excluding carboxylic acids is 1. The molecule has 0 saturated heterocycles. The van der Waals surface area contributed by atoms with Gasteiger partial charge in [-0.3, -0.25) is 4.79 Å². The Kier molecular flexibility index (Phi) is 7.22. The lowest BCUT2D eigenvalue weighted by atomic mass is 10.0. The van der Waals surface area contributed by atoms with Crippen LogP contribution in [0, 0.1) is 0 Å². The molecule has 1 aromatic carbocycles. The number of aromatic nitrogens is 2. The summed E-state index contributed by atoms with van der Waals surface area (Å²) in [6.45, 7) is 2.45. The highest BCUT2D eigenvalue weighted by Crippen LogP contribution is 2.35. The van der Waals surface area contributed by atoms with Gasteiger partial charge in [-0.2, -0.15) is 4.98 Å². The maximum atomic E-state index is 13.4. The van der Waals surface area contributed by atoms with Crippen molar-refractivity contribution in [3.63, 3.8) is 0 Å². The van der Waals surface area contributed by atoms with Gasteiger partial charge in [0, 0.05) is 18.4 Å². The van der Waals surface area contributed by atoms with E-state index >= 15 is 0 Å². The van der Waals surface area contributed by atoms with Crippen molar-refractivity contribution in [1.29, 1.82) is 0 Å². The number of aliphatic hydroxyl groups excluding tert-OH is 1. The van der Waals surface area contributed by atoms with Crippen LogP contribution in [0.1, 0.15) is 55.7 Å². The molecule has 0 aliphatic heterocycles. The van der Waals surface area contributed by atoms with E-state index in [0.29, 0.717) is 23.7 Å². The molecule has 0 spiro atoms. The second-order valence-electron chi connectivity index (χ2n) is 8.44. The highest BCUT2D eigenvalue weighted by atomic mass is 16.5. The van der Waals surface area contributed by atoms with Gasteiger partial charge in [-0.1, -0.05) is 23.4 Å². The number of ether oxygens (including phenoxy) is 1. The van der Waals surface area contributed by atoms with Gasteiger partial charge in [0.05, 0.1) is 24.8 Å². The van der Waals surface area contributed by atoms with Gasteiger partial charge in [-0.15, -0.1) is 0 Å². The average molecular weight is 454 g/mol. The fourth-order valence-electron chi connectivity index (χ4n) is 4.57. The normalized spacial score (nSPS) is 18.1. The van der Waals surface area contributed by atoms with E-state index in [1.54, 1.807) is 7.11 Å². The molecule has 0 bridgehead atoms. The summed E-state index contributed by atoms with van der Waals surface area (Å²) >= 11 is 0. The van der Waals surface area contributed by atoms with Crippen LogP contribution in [-0.4, -0.2) is 46.4 Å². The average Bonchev–Trinajstić information content (AvgIpc) is 3.37. The summed E-state index contributed by atoms with van der Waals surface area (Å²) in [4.78, 5) is 17.8. The van der Waals surface area contributed by atoms with Crippen LogP contribution in [0.2, 0.25) is 0 Å². The summed E-state index contributed by atoms with van der Waals surface area (Å²) in [5.41, 5.74) is 5.47. The van der Waals surface area contributed by atoms with Crippen molar-refractivity contribution >= 4 is 5.91 Å². The molecule has 2 aliphatic rings. The third-order valence-electron chi connectivity index (χ3n) is 6.19. The van der Waals surface area contributed by atoms with Crippen LogP contribution in [0.25, 0.3) is 11.4 Å². The number of fused-ring (bicyclic) bond motifs is 1. The maximum absolute atomic E-state index is 13.4. The topological polar surface area (TPSA) is 127 Å². The summed E-state index contributed by atoms with van der Waals surface area (Å²) in [6, 6.07) is 5.97. The Morgan fingerprint density at radius 2 is 2.24 bits per heavy atom. The van der Waals surface area contributed by atoms with Crippen LogP contribution in [0.5, 0.6) is 0 Å². The first-order valence-electron chi connectivity index (χ1n) is 11.3. The number of nitrogens with zero attached hydrogens (tertiary/aromatic N) is 3. The molecule has 0 radical (unpaired) electrons. The van der Waals surface area contributed by atoms with Gasteiger partial charge in [0.2, 0.25) is 5.82 Å². The predicted molar refractivity (Wildman–Crippen MR) is 122 cm³/mol. The number of allylic oxidation sites excluding steroid dienone is 2. The molecule has 4 rings (SSSR count). The molecule has 9 heteroatoms. The summed E-state index contributed by atoms with van der Waals surface area (Å²) < 4.78 is 10.2. The molecule has 33 heavy (non-hydrogen) atoms. The van der Waals surface area contributed by atoms with Gasteiger partial charge in [-0.05, 0) is 61.8 Å². The summed E-state index contributed by atoms with van der Waals surface area (Å²) in [5, 5.41) is 18.1. The molecule has 176 valence electrons. The molecule has 0 saturated carbocycles. The Hall–Kier alpha value is -3.01. The van der Waals surface area contributed by atoms with Crippen molar-refractivity contribution in [1.82, 2.24) is 20.5 Å². The lowest BCUT2D eigenvalue weighted by Crippen LogP contribution is -2.37. The van der Waals surface area contributed by atoms with Crippen molar-refractivity contribution in [2.24, 2.45) is 5.84 Å². The number of amides is 1. The Bertz CT molecular complexity index is 1070. The number of nitrogens with one attached hydrogen (secondary N) is 1. The number of hydrazine groups is 1. The highest BCUT2D eigenvalue weighted by Gasteiger charge is 2.28. The van der Waals surface area contributed by atoms with E-state index in [9.17, 15) is 9.90 Å². The zero-order chi connectivity index (χ0) is 23.4. The van der Waals surface area contributed by atoms with Gasteiger partial charge in [0.1, 0.15) is 6.61 Å². The molecule has 4 N–H and O–H groups in total. The number of methoxy groups -OCH3 is 1. The fraction of sp³-hybridized carbons (Fsp3) is 0.458. The van der Waals surface area contributed by atoms with Crippen LogP contribution in [-0.2, 0) is 22.6 Å². The minimum atomic E-state index is -0.127. The zero-order valence-electron chi connectivity index (χ0n) is 19.1. The molecule has 1 atom stereocenters. The Balaban J connectivity index is 1.55. The SMILES string of the molecule is COCc1nc(-c2ccc3c(c2)CC[C@H]3NC(=O)C2=C(N(N)CCO)CCCC=C2C)no1. The second-order valence-corrected chi connectivity index (χ2v) is 8.44. The summed E-state index contributed by atoms with van der Waals surface area (Å²) in [7, 11) is 1.58. The van der Waals surface area contributed by atoms with Crippen molar-refractivity contribution in [3.05, 3.63) is 58.1 Å². The molecular formula is C24H31N5O4. The predicted octanol–water partition coefficient (Wildman–Crippen LogP) is 2.54. The summed E-state index contributed by atoms with van der Waals surface area (Å²) in [5.74, 6) is 7.01. The number of nitrogens with two attached hydrogens (primary N) is 1. The van der Waals surface area contributed by atoms with Crippen LogP contribution in [0.15, 0.2) is 45.6 Å². The molecule has 2 aromatic rings. The van der Waals surface area contributed by atoms with Crippen molar-refractivity contribution in [2.75, 3.05) is 20.3 Å². The van der Waals surface area contributed by atoms with Crippen LogP contribution in [0.4, 0.5) is 0 Å². The van der Waals surface area contributed by atoms with E-state index in [1.165, 1.54) is 10.6 Å². The van der Waals surface area contributed by atoms with E-state index in [2.05, 4.69) is 27.6 Å². The Morgan fingerprint density at radius 1 is 1.39 bits per heavy atom. The molecular weight excluding hydrogens is 422 g/mol. The van der Waals surface area contributed by atoms with Crippen LogP contribution in [0.3, 0.4) is 0 Å². The first kappa shape index (κ1) is 23.2. The lowest BCUT2D eigenvalue weighted by molar-refractivity contribution is -0.118. The molecule has 1 aromatic heterocycles. The quantitative estimate of drug-likeness (QED) is 0.411. The third kappa shape index (κ3) is 5.00. The van der Waals surface area contributed by atoms with Crippen molar-refractivity contribution in [2.45, 2.75) is 51.7 Å². The van der Waals surface area contributed by atoms with E-state index in [4.69, 9.17) is 15.1 Å². The van der Waals surface area contributed by atoms with Gasteiger partial charge < -0.3 is 24.7 Å². The smallest absolute Gasteiger partial charge is 0.253 e. The van der Waals surface area contributed by atoms with Gasteiger partial charge in [-0.25, -0.2) is 5.84 Å². The number of rotatable bonds is 8. The van der Waals surface area contributed by atoms with E-state index in [1.807, 2.05) is 19.1 Å². The Morgan fingerprint density at radius 3 is 3.03 bits per heavy atom. The third-order valence-corrected chi connectivity index (χ3v) is 6.19. The van der Waals surface area contributed by atoms with E-state index < -0.39 is 0 Å². The Labute approximate surface area is 193 Å². The molecule has 2 aliphatic carbocycles. The van der Waals surface area contributed by atoms with Gasteiger partial charge in [0.15, 0.2) is 0 Å². The number of aryl methyl sites for hydroxylation is 1. The van der Waals surface area contributed by atoms with Crippen LogP contribution < -0.4 is 11.2 Å². The van der Waals surface area contributed by atoms with Crippen LogP contribution >= 0.6 is 0 Å². The van der Waals surface area contributed by atoms with Crippen molar-refractivity contribution < 1.29 is 19.2 Å². The van der Waals surface area contributed by atoms with Gasteiger partial charge in [0.25, 0.3) is 11.8 Å². The molecule has 1 heterocycles. The monoisotopic (exact) mass is 453 g/mol. The van der Waals surface area contributed by atoms with E-state index in [0.717, 1.165) is 48.1 Å². The molecule has 9 nitrogen and oxygen atoms in total. The summed E-state index contributed by atoms with van der Waals surface area (Å²) in [6.07, 6.45) is 6.28. The van der Waals surface area contributed by atoms with Gasteiger partial charge >= 0.3 is 0 Å². The second kappa shape index (κ2) is 10.3. The number of hydrogen-bond donors (Lipinski definition) is 3. The number of carbonyl (C=O) groups is 1. The molecule has 1 amide bonds. The lowest BCUT2D eigenvalue weighted by Gasteiger charge is -2.25. The van der Waals surface area contributed by atoms with Crippen molar-refractivity contribution in [3.8, 4) is 11.4 Å². The fourth-order valence-corrected chi connectivity index (χ4v) is 4.57. The number of benzene rings is 1. The number of aliphatic hydroxyl groups is 1. The standard InChI is InChI=1S/C24H31N5O4/c1-15-5-3-4-6-20(29(25)11-12-30)22(15)24(31)26-19-10-8-16-13-17(7-9-18(16)19)23-27-21(14-32-2)33-28-23/h5,7,9,13,19,30H,3-4,6,8,10-12,14,25H2,1-2H3,(H,26,31)/t19-/m1/s1. The number of hydrogen-bond acceptors (Lipinski definition) is 8. The maximum Gasteiger partial charge on any atom is 0.253 e. The highest BCUT2D eigenvalue weighted by molar-refractivity contribution is 5.98. The molecule has 0 fully saturated rings.